The van der Waals surface area contributed by atoms with Gasteiger partial charge in [-0.25, -0.2) is 17.5 Å². The number of benzene rings is 1. The predicted molar refractivity (Wildman–Crippen MR) is 70.2 cm³/mol. The number of halogens is 3. The standard InChI is InChI=1S/C9H12BrFN2O2S.ClH/c10-8-3-2-7(6-9(8)11)16(14,15)13-5-1-4-12;/h2-3,6,13H,1,4-5,12H2;1H. The second kappa shape index (κ2) is 7.27. The zero-order valence-corrected chi connectivity index (χ0v) is 12.0. The molecule has 0 heterocycles. The molecule has 0 atom stereocenters. The largest absolute Gasteiger partial charge is 0.330 e. The maximum Gasteiger partial charge on any atom is 0.240 e. The van der Waals surface area contributed by atoms with Gasteiger partial charge < -0.3 is 5.73 Å². The van der Waals surface area contributed by atoms with Gasteiger partial charge in [0.2, 0.25) is 10.0 Å². The molecule has 98 valence electrons. The Bertz CT molecular complexity index is 470. The SMILES string of the molecule is Cl.NCCCNS(=O)(=O)c1ccc(Br)c(F)c1. The third-order valence-electron chi connectivity index (χ3n) is 1.87. The molecule has 0 saturated heterocycles. The zero-order valence-electron chi connectivity index (χ0n) is 8.82. The number of nitrogens with one attached hydrogen (secondary N) is 1. The minimum absolute atomic E-state index is 0. The summed E-state index contributed by atoms with van der Waals surface area (Å²) < 4.78 is 39.0. The normalized spacial score (nSPS) is 11.0. The molecule has 0 aliphatic carbocycles. The summed E-state index contributed by atoms with van der Waals surface area (Å²) in [4.78, 5) is -0.0924. The summed E-state index contributed by atoms with van der Waals surface area (Å²) in [6.07, 6.45) is 0.540. The van der Waals surface area contributed by atoms with Crippen LogP contribution in [0, 0.1) is 5.82 Å². The summed E-state index contributed by atoms with van der Waals surface area (Å²) in [5.74, 6) is -0.610. The van der Waals surface area contributed by atoms with Crippen LogP contribution in [0.15, 0.2) is 27.6 Å². The lowest BCUT2D eigenvalue weighted by Crippen LogP contribution is -2.26. The molecule has 0 amide bonds. The fraction of sp³-hybridized carbons (Fsp3) is 0.333. The molecule has 8 heteroatoms. The molecule has 0 saturated carbocycles. The minimum atomic E-state index is -3.64. The Balaban J connectivity index is 0.00000256. The second-order valence-electron chi connectivity index (χ2n) is 3.12. The molecule has 0 aliphatic heterocycles. The van der Waals surface area contributed by atoms with Gasteiger partial charge in [-0.05, 0) is 47.1 Å². The van der Waals surface area contributed by atoms with E-state index in [0.717, 1.165) is 6.07 Å². The number of sulfonamides is 1. The van der Waals surface area contributed by atoms with Crippen LogP contribution >= 0.6 is 28.3 Å². The molecule has 1 rings (SSSR count). The van der Waals surface area contributed by atoms with E-state index in [1.165, 1.54) is 12.1 Å². The lowest BCUT2D eigenvalue weighted by Gasteiger charge is -2.06. The molecule has 0 unspecified atom stereocenters. The van der Waals surface area contributed by atoms with Crippen molar-refractivity contribution < 1.29 is 12.8 Å². The first-order chi connectivity index (χ1) is 7.47. The fourth-order valence-corrected chi connectivity index (χ4v) is 2.37. The molecule has 0 spiro atoms. The van der Waals surface area contributed by atoms with Gasteiger partial charge in [-0.2, -0.15) is 0 Å². The van der Waals surface area contributed by atoms with Crippen molar-refractivity contribution in [3.63, 3.8) is 0 Å². The van der Waals surface area contributed by atoms with Gasteiger partial charge in [0.25, 0.3) is 0 Å². The van der Waals surface area contributed by atoms with Crippen LogP contribution in [0.3, 0.4) is 0 Å². The van der Waals surface area contributed by atoms with Gasteiger partial charge in [-0.15, -0.1) is 12.4 Å². The molecule has 0 fully saturated rings. The van der Waals surface area contributed by atoms with Crippen LogP contribution in [0.25, 0.3) is 0 Å². The fourth-order valence-electron chi connectivity index (χ4n) is 1.04. The van der Waals surface area contributed by atoms with Gasteiger partial charge in [-0.3, -0.25) is 0 Å². The van der Waals surface area contributed by atoms with Crippen LogP contribution < -0.4 is 10.5 Å². The first-order valence-corrected chi connectivity index (χ1v) is 6.90. The highest BCUT2D eigenvalue weighted by Crippen LogP contribution is 2.19. The van der Waals surface area contributed by atoms with Crippen LogP contribution in [0.4, 0.5) is 4.39 Å². The zero-order chi connectivity index (χ0) is 12.2. The summed E-state index contributed by atoms with van der Waals surface area (Å²) in [5.41, 5.74) is 5.24. The van der Waals surface area contributed by atoms with Crippen LogP contribution in [0.5, 0.6) is 0 Å². The molecule has 4 nitrogen and oxygen atoms in total. The van der Waals surface area contributed by atoms with Crippen molar-refractivity contribution in [1.82, 2.24) is 4.72 Å². The van der Waals surface area contributed by atoms with E-state index in [1.54, 1.807) is 0 Å². The van der Waals surface area contributed by atoms with E-state index in [4.69, 9.17) is 5.73 Å². The molecular formula is C9H13BrClFN2O2S. The molecule has 0 aliphatic rings. The average Bonchev–Trinajstić information content (AvgIpc) is 2.22. The highest BCUT2D eigenvalue weighted by Gasteiger charge is 2.14. The number of rotatable bonds is 5. The third kappa shape index (κ3) is 4.89. The van der Waals surface area contributed by atoms with Crippen molar-refractivity contribution in [3.05, 3.63) is 28.5 Å². The summed E-state index contributed by atoms with van der Waals surface area (Å²) in [6, 6.07) is 3.65. The Morgan fingerprint density at radius 3 is 2.59 bits per heavy atom. The first kappa shape index (κ1) is 16.8. The van der Waals surface area contributed by atoms with Crippen molar-refractivity contribution in [2.75, 3.05) is 13.1 Å². The van der Waals surface area contributed by atoms with Crippen LogP contribution in [-0.2, 0) is 10.0 Å². The smallest absolute Gasteiger partial charge is 0.240 e. The summed E-state index contributed by atoms with van der Waals surface area (Å²) in [7, 11) is -3.64. The lowest BCUT2D eigenvalue weighted by molar-refractivity contribution is 0.575. The van der Waals surface area contributed by atoms with E-state index in [-0.39, 0.29) is 28.3 Å². The lowest BCUT2D eigenvalue weighted by atomic mass is 10.3. The third-order valence-corrected chi connectivity index (χ3v) is 3.98. The molecule has 1 aromatic carbocycles. The number of hydrogen-bond donors (Lipinski definition) is 2. The van der Waals surface area contributed by atoms with Crippen molar-refractivity contribution >= 4 is 38.4 Å². The maximum absolute atomic E-state index is 13.1. The monoisotopic (exact) mass is 346 g/mol. The molecule has 17 heavy (non-hydrogen) atoms. The summed E-state index contributed by atoms with van der Waals surface area (Å²) in [6.45, 7) is 0.647. The van der Waals surface area contributed by atoms with Gasteiger partial charge in [0.05, 0.1) is 9.37 Å². The van der Waals surface area contributed by atoms with Gasteiger partial charge in [0.1, 0.15) is 5.82 Å². The summed E-state index contributed by atoms with van der Waals surface area (Å²) >= 11 is 2.95. The Morgan fingerprint density at radius 1 is 1.41 bits per heavy atom. The maximum atomic E-state index is 13.1. The van der Waals surface area contributed by atoms with Crippen LogP contribution in [0.1, 0.15) is 6.42 Å². The minimum Gasteiger partial charge on any atom is -0.330 e. The van der Waals surface area contributed by atoms with Crippen LogP contribution in [0.2, 0.25) is 0 Å². The second-order valence-corrected chi connectivity index (χ2v) is 5.74. The number of hydrogen-bond acceptors (Lipinski definition) is 3. The average molecular weight is 348 g/mol. The Hall–Kier alpha value is -0.210. The molecule has 0 aromatic heterocycles. The van der Waals surface area contributed by atoms with E-state index in [1.807, 2.05) is 0 Å². The van der Waals surface area contributed by atoms with Crippen molar-refractivity contribution in [1.29, 1.82) is 0 Å². The van der Waals surface area contributed by atoms with Gasteiger partial charge >= 0.3 is 0 Å². The molecule has 3 N–H and O–H groups in total. The number of nitrogens with two attached hydrogens (primary N) is 1. The van der Waals surface area contributed by atoms with Crippen LogP contribution in [-0.4, -0.2) is 21.5 Å². The van der Waals surface area contributed by atoms with E-state index in [0.29, 0.717) is 13.0 Å². The Kier molecular flexibility index (Phi) is 7.18. The van der Waals surface area contributed by atoms with E-state index in [9.17, 15) is 12.8 Å². The molecular weight excluding hydrogens is 335 g/mol. The Morgan fingerprint density at radius 2 is 2.06 bits per heavy atom. The van der Waals surface area contributed by atoms with Crippen molar-refractivity contribution in [2.45, 2.75) is 11.3 Å². The predicted octanol–water partition coefficient (Wildman–Crippen LogP) is 1.64. The molecule has 1 aromatic rings. The van der Waals surface area contributed by atoms with Gasteiger partial charge in [0, 0.05) is 6.54 Å². The van der Waals surface area contributed by atoms with E-state index >= 15 is 0 Å². The highest BCUT2D eigenvalue weighted by molar-refractivity contribution is 9.10. The van der Waals surface area contributed by atoms with Crippen molar-refractivity contribution in [2.24, 2.45) is 5.73 Å². The first-order valence-electron chi connectivity index (χ1n) is 4.62. The topological polar surface area (TPSA) is 72.2 Å². The highest BCUT2D eigenvalue weighted by atomic mass is 79.9. The van der Waals surface area contributed by atoms with Gasteiger partial charge in [-0.1, -0.05) is 0 Å². The Labute approximate surface area is 114 Å². The van der Waals surface area contributed by atoms with E-state index in [2.05, 4.69) is 20.7 Å². The van der Waals surface area contributed by atoms with Crippen molar-refractivity contribution in [3.8, 4) is 0 Å². The summed E-state index contributed by atoms with van der Waals surface area (Å²) in [5, 5.41) is 0. The quantitative estimate of drug-likeness (QED) is 0.795. The van der Waals surface area contributed by atoms with Gasteiger partial charge in [0.15, 0.2) is 0 Å². The molecule has 0 radical (unpaired) electrons. The van der Waals surface area contributed by atoms with E-state index < -0.39 is 15.8 Å². The molecule has 0 bridgehead atoms.